The van der Waals surface area contributed by atoms with E-state index in [-0.39, 0.29) is 12.1 Å². The van der Waals surface area contributed by atoms with E-state index in [0.717, 1.165) is 12.1 Å². The highest BCUT2D eigenvalue weighted by atomic mass is 19.4. The smallest absolute Gasteiger partial charge is 0.324 e. The molecule has 114 valence electrons. The Morgan fingerprint density at radius 3 is 2.33 bits per heavy atom. The van der Waals surface area contributed by atoms with Gasteiger partial charge in [0.05, 0.1) is 12.1 Å². The Morgan fingerprint density at radius 2 is 1.81 bits per heavy atom. The fourth-order valence-corrected chi connectivity index (χ4v) is 2.18. The zero-order valence-corrected chi connectivity index (χ0v) is 12.1. The van der Waals surface area contributed by atoms with Gasteiger partial charge in [0.2, 0.25) is 0 Å². The third-order valence-corrected chi connectivity index (χ3v) is 3.03. The lowest BCUT2D eigenvalue weighted by molar-refractivity contribution is -0.137. The minimum atomic E-state index is -4.39. The van der Waals surface area contributed by atoms with Crippen molar-refractivity contribution in [1.29, 1.82) is 0 Å². The third kappa shape index (κ3) is 3.07. The monoisotopic (exact) mass is 298 g/mol. The molecule has 0 spiro atoms. The van der Waals surface area contributed by atoms with Crippen LogP contribution in [0.15, 0.2) is 24.3 Å². The van der Waals surface area contributed by atoms with E-state index in [9.17, 15) is 13.2 Å². The number of hydrogen-bond acceptors (Lipinski definition) is 3. The van der Waals surface area contributed by atoms with Crippen molar-refractivity contribution < 1.29 is 13.2 Å². The number of aromatic nitrogens is 3. The molecule has 0 saturated heterocycles. The van der Waals surface area contributed by atoms with Crippen LogP contribution in [0.3, 0.4) is 0 Å². The summed E-state index contributed by atoms with van der Waals surface area (Å²) in [6.07, 6.45) is -4.39. The molecule has 1 aromatic heterocycles. The van der Waals surface area contributed by atoms with Crippen molar-refractivity contribution in [1.82, 2.24) is 14.8 Å². The van der Waals surface area contributed by atoms with Crippen molar-refractivity contribution in [3.05, 3.63) is 35.7 Å². The van der Waals surface area contributed by atoms with E-state index in [1.54, 1.807) is 10.6 Å². The van der Waals surface area contributed by atoms with Crippen molar-refractivity contribution in [3.8, 4) is 11.4 Å². The topological polar surface area (TPSA) is 56.7 Å². The Balaban J connectivity index is 2.61. The Morgan fingerprint density at radius 1 is 1.14 bits per heavy atom. The van der Waals surface area contributed by atoms with Gasteiger partial charge >= 0.3 is 6.18 Å². The van der Waals surface area contributed by atoms with Crippen LogP contribution in [0.25, 0.3) is 11.4 Å². The van der Waals surface area contributed by atoms with E-state index >= 15 is 0 Å². The summed E-state index contributed by atoms with van der Waals surface area (Å²) in [5.41, 5.74) is 4.90. The summed E-state index contributed by atoms with van der Waals surface area (Å²) in [5, 5.41) is 7.99. The van der Waals surface area contributed by atoms with E-state index in [4.69, 9.17) is 5.73 Å². The first kappa shape index (κ1) is 15.5. The number of benzene rings is 1. The lowest BCUT2D eigenvalue weighted by Crippen LogP contribution is -2.26. The molecule has 0 aliphatic heterocycles. The summed E-state index contributed by atoms with van der Waals surface area (Å²) < 4.78 is 40.2. The maximum atomic E-state index is 12.8. The van der Waals surface area contributed by atoms with Gasteiger partial charge in [-0.1, -0.05) is 12.1 Å². The zero-order chi connectivity index (χ0) is 15.8. The van der Waals surface area contributed by atoms with Gasteiger partial charge in [0.1, 0.15) is 5.82 Å². The number of nitrogens with two attached hydrogens (primary N) is 1. The Kier molecular flexibility index (Phi) is 3.79. The Hall–Kier alpha value is -1.89. The number of nitrogens with zero attached hydrogens (tertiary/aromatic N) is 3. The normalized spacial score (nSPS) is 12.7. The molecule has 0 aliphatic carbocycles. The minimum Gasteiger partial charge on any atom is -0.324 e. The first-order chi connectivity index (χ1) is 9.64. The molecule has 0 aliphatic rings. The average molecular weight is 298 g/mol. The molecule has 2 N–H and O–H groups in total. The van der Waals surface area contributed by atoms with Crippen LogP contribution in [-0.4, -0.2) is 14.8 Å². The van der Waals surface area contributed by atoms with Crippen molar-refractivity contribution in [2.75, 3.05) is 0 Å². The minimum absolute atomic E-state index is 0.170. The molecule has 0 amide bonds. The SMILES string of the molecule is CC(C)(C)n1c(CN)nnc1-c1cccc(C(F)(F)F)c1. The molecule has 0 fully saturated rings. The molecule has 0 radical (unpaired) electrons. The molecular weight excluding hydrogens is 281 g/mol. The van der Waals surface area contributed by atoms with Gasteiger partial charge in [-0.25, -0.2) is 0 Å². The van der Waals surface area contributed by atoms with Crippen LogP contribution in [0.5, 0.6) is 0 Å². The largest absolute Gasteiger partial charge is 0.416 e. The van der Waals surface area contributed by atoms with Gasteiger partial charge in [-0.15, -0.1) is 10.2 Å². The van der Waals surface area contributed by atoms with Gasteiger partial charge in [-0.2, -0.15) is 13.2 Å². The second-order valence-electron chi connectivity index (χ2n) is 5.73. The zero-order valence-electron chi connectivity index (χ0n) is 12.1. The van der Waals surface area contributed by atoms with E-state index in [2.05, 4.69) is 10.2 Å². The van der Waals surface area contributed by atoms with Crippen molar-refractivity contribution in [3.63, 3.8) is 0 Å². The second-order valence-corrected chi connectivity index (χ2v) is 5.73. The molecule has 0 saturated carbocycles. The molecule has 4 nitrogen and oxygen atoms in total. The van der Waals surface area contributed by atoms with Gasteiger partial charge in [-0.05, 0) is 32.9 Å². The number of alkyl halides is 3. The quantitative estimate of drug-likeness (QED) is 0.926. The summed E-state index contributed by atoms with van der Waals surface area (Å²) in [5.74, 6) is 0.920. The van der Waals surface area contributed by atoms with E-state index in [1.807, 2.05) is 20.8 Å². The Bertz CT molecular complexity index is 638. The van der Waals surface area contributed by atoms with Gasteiger partial charge < -0.3 is 10.3 Å². The van der Waals surface area contributed by atoms with Crippen LogP contribution in [0.1, 0.15) is 32.2 Å². The number of rotatable bonds is 2. The highest BCUT2D eigenvalue weighted by molar-refractivity contribution is 5.57. The molecule has 2 aromatic rings. The molecule has 1 heterocycles. The lowest BCUT2D eigenvalue weighted by Gasteiger charge is -2.25. The maximum absolute atomic E-state index is 12.8. The molecular formula is C14H17F3N4. The summed E-state index contributed by atoms with van der Waals surface area (Å²) in [7, 11) is 0. The predicted molar refractivity (Wildman–Crippen MR) is 73.3 cm³/mol. The van der Waals surface area contributed by atoms with Crippen molar-refractivity contribution in [2.24, 2.45) is 5.73 Å². The third-order valence-electron chi connectivity index (χ3n) is 3.03. The van der Waals surface area contributed by atoms with Gasteiger partial charge in [0.15, 0.2) is 5.82 Å². The standard InChI is InChI=1S/C14H17F3N4/c1-13(2,3)21-11(8-18)19-20-12(21)9-5-4-6-10(7-9)14(15,16)17/h4-7H,8,18H2,1-3H3. The van der Waals surface area contributed by atoms with E-state index < -0.39 is 11.7 Å². The Labute approximate surface area is 120 Å². The van der Waals surface area contributed by atoms with Crippen LogP contribution in [0.4, 0.5) is 13.2 Å². The van der Waals surface area contributed by atoms with E-state index in [1.165, 1.54) is 6.07 Å². The van der Waals surface area contributed by atoms with Crippen molar-refractivity contribution in [2.45, 2.75) is 39.0 Å². The second kappa shape index (κ2) is 5.14. The highest BCUT2D eigenvalue weighted by Gasteiger charge is 2.31. The number of halogens is 3. The maximum Gasteiger partial charge on any atom is 0.416 e. The summed E-state index contributed by atoms with van der Waals surface area (Å²) in [4.78, 5) is 0. The summed E-state index contributed by atoms with van der Waals surface area (Å²) >= 11 is 0. The van der Waals surface area contributed by atoms with Gasteiger partial charge in [-0.3, -0.25) is 0 Å². The molecule has 21 heavy (non-hydrogen) atoms. The lowest BCUT2D eigenvalue weighted by atomic mass is 10.1. The molecule has 0 bridgehead atoms. The first-order valence-electron chi connectivity index (χ1n) is 6.47. The van der Waals surface area contributed by atoms with Crippen molar-refractivity contribution >= 4 is 0 Å². The van der Waals surface area contributed by atoms with Crippen LogP contribution in [-0.2, 0) is 18.3 Å². The molecule has 7 heteroatoms. The van der Waals surface area contributed by atoms with Gasteiger partial charge in [0.25, 0.3) is 0 Å². The summed E-state index contributed by atoms with van der Waals surface area (Å²) in [6.45, 7) is 5.94. The first-order valence-corrected chi connectivity index (χ1v) is 6.47. The fourth-order valence-electron chi connectivity index (χ4n) is 2.18. The molecule has 0 atom stereocenters. The molecule has 0 unspecified atom stereocenters. The van der Waals surface area contributed by atoms with Gasteiger partial charge in [0, 0.05) is 11.1 Å². The molecule has 1 aromatic carbocycles. The van der Waals surface area contributed by atoms with Crippen LogP contribution >= 0.6 is 0 Å². The fraction of sp³-hybridized carbons (Fsp3) is 0.429. The van der Waals surface area contributed by atoms with Crippen LogP contribution < -0.4 is 5.73 Å². The van der Waals surface area contributed by atoms with E-state index in [0.29, 0.717) is 17.2 Å². The average Bonchev–Trinajstić information content (AvgIpc) is 2.81. The van der Waals surface area contributed by atoms with Crippen LogP contribution in [0.2, 0.25) is 0 Å². The predicted octanol–water partition coefficient (Wildman–Crippen LogP) is 3.18. The highest BCUT2D eigenvalue weighted by Crippen LogP contribution is 2.33. The van der Waals surface area contributed by atoms with Crippen LogP contribution in [0, 0.1) is 0 Å². The number of hydrogen-bond donors (Lipinski definition) is 1. The molecule has 2 rings (SSSR count). The summed E-state index contributed by atoms with van der Waals surface area (Å²) in [6, 6.07) is 5.06.